The number of amides is 1. The van der Waals surface area contributed by atoms with Gasteiger partial charge in [-0.15, -0.1) is 0 Å². The van der Waals surface area contributed by atoms with Gasteiger partial charge in [0.2, 0.25) is 0 Å². The van der Waals surface area contributed by atoms with E-state index in [-0.39, 0.29) is 22.8 Å². The van der Waals surface area contributed by atoms with Crippen molar-refractivity contribution < 1.29 is 19.2 Å². The Hall–Kier alpha value is -3.57. The Labute approximate surface area is 172 Å². The molecule has 9 heteroatoms. The quantitative estimate of drug-likeness (QED) is 0.305. The average molecular weight is 416 g/mol. The Morgan fingerprint density at radius 2 is 1.97 bits per heavy atom. The van der Waals surface area contributed by atoms with Crippen LogP contribution in [0.2, 0.25) is 5.02 Å². The molecule has 1 N–H and O–H groups in total. The summed E-state index contributed by atoms with van der Waals surface area (Å²) in [5, 5.41) is 22.9. The molecule has 0 radical (unpaired) electrons. The Morgan fingerprint density at radius 3 is 2.59 bits per heavy atom. The van der Waals surface area contributed by atoms with Crippen LogP contribution in [0.4, 0.5) is 5.69 Å². The Kier molecular flexibility index (Phi) is 7.57. The highest BCUT2D eigenvalue weighted by atomic mass is 35.5. The van der Waals surface area contributed by atoms with E-state index in [0.29, 0.717) is 23.5 Å². The van der Waals surface area contributed by atoms with Crippen LogP contribution in [-0.4, -0.2) is 31.6 Å². The number of nitro groups is 1. The predicted molar refractivity (Wildman–Crippen MR) is 108 cm³/mol. The fourth-order valence-electron chi connectivity index (χ4n) is 2.53. The fraction of sp³-hybridized carbons (Fsp3) is 0.200. The number of hydrogen-bond acceptors (Lipinski definition) is 6. The lowest BCUT2D eigenvalue weighted by Crippen LogP contribution is -2.26. The van der Waals surface area contributed by atoms with Crippen LogP contribution in [0.1, 0.15) is 11.1 Å². The first kappa shape index (κ1) is 21.7. The molecule has 150 valence electrons. The number of halogens is 1. The lowest BCUT2D eigenvalue weighted by Gasteiger charge is -2.10. The molecule has 0 heterocycles. The Bertz CT molecular complexity index is 998. The molecule has 2 aromatic carbocycles. The molecule has 8 nitrogen and oxygen atoms in total. The van der Waals surface area contributed by atoms with Crippen LogP contribution >= 0.6 is 11.6 Å². The number of nitrogens with zero attached hydrogens (tertiary/aromatic N) is 2. The maximum absolute atomic E-state index is 12.3. The molecular formula is C20H18ClN3O5. The van der Waals surface area contributed by atoms with Crippen molar-refractivity contribution in [2.45, 2.75) is 6.42 Å². The van der Waals surface area contributed by atoms with Gasteiger partial charge < -0.3 is 14.8 Å². The SMILES string of the molecule is COc1ccc(CCNC(=O)/C(C#N)=C\c2ccc(Cl)c([N+](=O)[O-])c2)cc1OC. The summed E-state index contributed by atoms with van der Waals surface area (Å²) in [6.07, 6.45) is 1.78. The van der Waals surface area contributed by atoms with Crippen molar-refractivity contribution in [2.24, 2.45) is 0 Å². The number of rotatable bonds is 8. The molecule has 1 amide bonds. The minimum Gasteiger partial charge on any atom is -0.493 e. The predicted octanol–water partition coefficient (Wildman–Crippen LogP) is 3.53. The molecule has 0 atom stereocenters. The maximum Gasteiger partial charge on any atom is 0.288 e. The first-order valence-electron chi connectivity index (χ1n) is 8.44. The van der Waals surface area contributed by atoms with Gasteiger partial charge in [0.25, 0.3) is 11.6 Å². The second kappa shape index (κ2) is 10.1. The van der Waals surface area contributed by atoms with Gasteiger partial charge in [-0.05, 0) is 41.8 Å². The lowest BCUT2D eigenvalue weighted by atomic mass is 10.1. The minimum atomic E-state index is -0.630. The molecule has 0 unspecified atom stereocenters. The van der Waals surface area contributed by atoms with E-state index >= 15 is 0 Å². The van der Waals surface area contributed by atoms with Crippen LogP contribution in [0, 0.1) is 21.4 Å². The van der Waals surface area contributed by atoms with E-state index in [9.17, 15) is 20.2 Å². The van der Waals surface area contributed by atoms with Gasteiger partial charge in [0.15, 0.2) is 11.5 Å². The van der Waals surface area contributed by atoms with E-state index in [4.69, 9.17) is 21.1 Å². The van der Waals surface area contributed by atoms with E-state index in [1.807, 2.05) is 6.07 Å². The number of nitrogens with one attached hydrogen (secondary N) is 1. The summed E-state index contributed by atoms with van der Waals surface area (Å²) in [5.41, 5.74) is 0.770. The molecule has 0 aromatic heterocycles. The molecule has 0 fully saturated rings. The lowest BCUT2D eigenvalue weighted by molar-refractivity contribution is -0.384. The number of ether oxygens (including phenoxy) is 2. The van der Waals surface area contributed by atoms with Gasteiger partial charge in [0, 0.05) is 12.6 Å². The summed E-state index contributed by atoms with van der Waals surface area (Å²) in [6, 6.07) is 11.3. The second-order valence-electron chi connectivity index (χ2n) is 5.83. The average Bonchev–Trinajstić information content (AvgIpc) is 2.72. The van der Waals surface area contributed by atoms with Crippen LogP contribution in [0.3, 0.4) is 0 Å². The van der Waals surface area contributed by atoms with Gasteiger partial charge in [-0.1, -0.05) is 23.7 Å². The van der Waals surface area contributed by atoms with Crippen molar-refractivity contribution in [3.63, 3.8) is 0 Å². The number of benzene rings is 2. The first-order valence-corrected chi connectivity index (χ1v) is 8.82. The zero-order chi connectivity index (χ0) is 21.4. The summed E-state index contributed by atoms with van der Waals surface area (Å²) in [4.78, 5) is 22.6. The third-order valence-electron chi connectivity index (χ3n) is 3.99. The zero-order valence-electron chi connectivity index (χ0n) is 15.8. The van der Waals surface area contributed by atoms with E-state index in [1.54, 1.807) is 25.3 Å². The highest BCUT2D eigenvalue weighted by Crippen LogP contribution is 2.28. The molecule has 0 aliphatic rings. The first-order chi connectivity index (χ1) is 13.9. The number of hydrogen-bond donors (Lipinski definition) is 1. The standard InChI is InChI=1S/C20H18ClN3O5/c1-28-18-6-4-13(11-19(18)29-2)7-8-23-20(25)15(12-22)9-14-3-5-16(21)17(10-14)24(26)27/h3-6,9-11H,7-8H2,1-2H3,(H,23,25)/b15-9-. The third-order valence-corrected chi connectivity index (χ3v) is 4.31. The number of nitriles is 1. The second-order valence-corrected chi connectivity index (χ2v) is 6.24. The smallest absolute Gasteiger partial charge is 0.288 e. The fourth-order valence-corrected chi connectivity index (χ4v) is 2.71. The topological polar surface area (TPSA) is 114 Å². The Morgan fingerprint density at radius 1 is 1.24 bits per heavy atom. The molecule has 0 spiro atoms. The monoisotopic (exact) mass is 415 g/mol. The molecule has 0 aliphatic heterocycles. The normalized spacial score (nSPS) is 10.8. The largest absolute Gasteiger partial charge is 0.493 e. The van der Waals surface area contributed by atoms with Crippen molar-refractivity contribution in [3.8, 4) is 17.6 Å². The van der Waals surface area contributed by atoms with Crippen LogP contribution in [-0.2, 0) is 11.2 Å². The van der Waals surface area contributed by atoms with Crippen molar-refractivity contribution >= 4 is 29.3 Å². The van der Waals surface area contributed by atoms with Crippen LogP contribution < -0.4 is 14.8 Å². The summed E-state index contributed by atoms with van der Waals surface area (Å²) in [5.74, 6) is 0.607. The summed E-state index contributed by atoms with van der Waals surface area (Å²) in [6.45, 7) is 0.286. The number of methoxy groups -OCH3 is 2. The van der Waals surface area contributed by atoms with Crippen molar-refractivity contribution in [1.82, 2.24) is 5.32 Å². The number of carbonyl (C=O) groups excluding carboxylic acids is 1. The highest BCUT2D eigenvalue weighted by Gasteiger charge is 2.14. The van der Waals surface area contributed by atoms with E-state index in [2.05, 4.69) is 5.32 Å². The minimum absolute atomic E-state index is 0.0231. The zero-order valence-corrected chi connectivity index (χ0v) is 16.5. The van der Waals surface area contributed by atoms with Gasteiger partial charge in [-0.2, -0.15) is 5.26 Å². The van der Waals surface area contributed by atoms with Crippen molar-refractivity contribution in [3.05, 3.63) is 68.2 Å². The van der Waals surface area contributed by atoms with Gasteiger partial charge >= 0.3 is 0 Å². The molecule has 2 rings (SSSR count). The van der Waals surface area contributed by atoms with E-state index in [0.717, 1.165) is 5.56 Å². The third kappa shape index (κ3) is 5.70. The summed E-state index contributed by atoms with van der Waals surface area (Å²) >= 11 is 5.77. The molecule has 0 saturated heterocycles. The highest BCUT2D eigenvalue weighted by molar-refractivity contribution is 6.32. The molecule has 0 saturated carbocycles. The molecule has 29 heavy (non-hydrogen) atoms. The molecular weight excluding hydrogens is 398 g/mol. The molecule has 2 aromatic rings. The maximum atomic E-state index is 12.3. The van der Waals surface area contributed by atoms with E-state index in [1.165, 1.54) is 31.4 Å². The van der Waals surface area contributed by atoms with E-state index < -0.39 is 10.8 Å². The van der Waals surface area contributed by atoms with Crippen molar-refractivity contribution in [1.29, 1.82) is 5.26 Å². The summed E-state index contributed by atoms with van der Waals surface area (Å²) < 4.78 is 10.4. The van der Waals surface area contributed by atoms with Gasteiger partial charge in [-0.25, -0.2) is 0 Å². The van der Waals surface area contributed by atoms with Crippen LogP contribution in [0.15, 0.2) is 42.0 Å². The van der Waals surface area contributed by atoms with Gasteiger partial charge in [0.05, 0.1) is 19.1 Å². The number of nitro benzene ring substituents is 1. The van der Waals surface area contributed by atoms with Crippen LogP contribution in [0.5, 0.6) is 11.5 Å². The van der Waals surface area contributed by atoms with Gasteiger partial charge in [0.1, 0.15) is 16.7 Å². The Balaban J connectivity index is 2.05. The van der Waals surface area contributed by atoms with Crippen molar-refractivity contribution in [2.75, 3.05) is 20.8 Å². The van der Waals surface area contributed by atoms with Gasteiger partial charge in [-0.3, -0.25) is 14.9 Å². The van der Waals surface area contributed by atoms with Crippen LogP contribution in [0.25, 0.3) is 6.08 Å². The molecule has 0 bridgehead atoms. The number of carbonyl (C=O) groups is 1. The molecule has 0 aliphatic carbocycles. The summed E-state index contributed by atoms with van der Waals surface area (Å²) in [7, 11) is 3.08.